The summed E-state index contributed by atoms with van der Waals surface area (Å²) in [4.78, 5) is 11.9. The van der Waals surface area contributed by atoms with Gasteiger partial charge in [-0.3, -0.25) is 4.79 Å². The summed E-state index contributed by atoms with van der Waals surface area (Å²) >= 11 is 0. The van der Waals surface area contributed by atoms with E-state index in [1.54, 1.807) is 0 Å². The number of aliphatic hydroxyl groups excluding tert-OH is 1. The lowest BCUT2D eigenvalue weighted by molar-refractivity contribution is -0.124. The van der Waals surface area contributed by atoms with Crippen LogP contribution in [0.2, 0.25) is 0 Å². The topological polar surface area (TPSA) is 37.3 Å². The predicted molar refractivity (Wildman–Crippen MR) is 54.7 cm³/mol. The lowest BCUT2D eigenvalue weighted by Gasteiger charge is -2.17. The van der Waals surface area contributed by atoms with Crippen molar-refractivity contribution in [2.75, 3.05) is 0 Å². The van der Waals surface area contributed by atoms with Crippen LogP contribution in [0.5, 0.6) is 0 Å². The molecule has 2 aliphatic rings. The standard InChI is InChI=1S/C12H16O2/c1-2-5-10-11(13)8-6-3-4-7-9(8)12(10)14/h3-4,6-11,13H,2,5H2,1H3. The molecule has 1 N–H and O–H groups in total. The van der Waals surface area contributed by atoms with Crippen molar-refractivity contribution in [3.05, 3.63) is 24.3 Å². The highest BCUT2D eigenvalue weighted by molar-refractivity contribution is 5.89. The summed E-state index contributed by atoms with van der Waals surface area (Å²) in [5.74, 6) is 0.0583. The zero-order valence-corrected chi connectivity index (χ0v) is 8.39. The number of allylic oxidation sites excluding steroid dienone is 3. The number of carbonyl (C=O) groups excluding carboxylic acids is 1. The maximum absolute atomic E-state index is 11.9. The highest BCUT2D eigenvalue weighted by Crippen LogP contribution is 2.39. The Kier molecular flexibility index (Phi) is 2.55. The molecule has 0 bridgehead atoms. The van der Waals surface area contributed by atoms with Crippen molar-refractivity contribution in [2.45, 2.75) is 25.9 Å². The smallest absolute Gasteiger partial charge is 0.146 e. The van der Waals surface area contributed by atoms with E-state index < -0.39 is 6.10 Å². The molecule has 2 aliphatic carbocycles. The van der Waals surface area contributed by atoms with Gasteiger partial charge in [0.15, 0.2) is 0 Å². The van der Waals surface area contributed by atoms with Gasteiger partial charge in [0, 0.05) is 17.8 Å². The van der Waals surface area contributed by atoms with Crippen molar-refractivity contribution < 1.29 is 9.90 Å². The van der Waals surface area contributed by atoms with E-state index in [-0.39, 0.29) is 23.5 Å². The SMILES string of the molecule is CCCC1C(=O)C2C=CC=CC2C1O. The Morgan fingerprint density at radius 1 is 1.36 bits per heavy atom. The van der Waals surface area contributed by atoms with Crippen LogP contribution in [0.3, 0.4) is 0 Å². The second-order valence-corrected chi connectivity index (χ2v) is 4.16. The summed E-state index contributed by atoms with van der Waals surface area (Å²) in [6.45, 7) is 2.05. The maximum atomic E-state index is 11.9. The van der Waals surface area contributed by atoms with Crippen LogP contribution in [0.1, 0.15) is 19.8 Å². The van der Waals surface area contributed by atoms with Gasteiger partial charge in [-0.1, -0.05) is 37.6 Å². The molecule has 1 fully saturated rings. The number of ketones is 1. The number of carbonyl (C=O) groups is 1. The second kappa shape index (κ2) is 3.70. The fourth-order valence-electron chi connectivity index (χ4n) is 2.54. The molecule has 4 atom stereocenters. The Labute approximate surface area is 84.3 Å². The zero-order chi connectivity index (χ0) is 10.1. The molecule has 0 heterocycles. The van der Waals surface area contributed by atoms with Gasteiger partial charge in [-0.25, -0.2) is 0 Å². The first-order valence-corrected chi connectivity index (χ1v) is 5.32. The predicted octanol–water partition coefficient (Wildman–Crippen LogP) is 1.70. The highest BCUT2D eigenvalue weighted by atomic mass is 16.3. The first-order valence-electron chi connectivity index (χ1n) is 5.32. The number of hydrogen-bond acceptors (Lipinski definition) is 2. The number of Topliss-reactive ketones (excluding diaryl/α,β-unsaturated/α-hetero) is 1. The van der Waals surface area contributed by atoms with Crippen molar-refractivity contribution in [3.63, 3.8) is 0 Å². The second-order valence-electron chi connectivity index (χ2n) is 4.16. The molecule has 0 amide bonds. The van der Waals surface area contributed by atoms with Gasteiger partial charge < -0.3 is 5.11 Å². The van der Waals surface area contributed by atoms with Crippen molar-refractivity contribution in [1.82, 2.24) is 0 Å². The fraction of sp³-hybridized carbons (Fsp3) is 0.583. The van der Waals surface area contributed by atoms with Crippen LogP contribution in [-0.2, 0) is 4.79 Å². The zero-order valence-electron chi connectivity index (χ0n) is 8.39. The van der Waals surface area contributed by atoms with Crippen LogP contribution in [-0.4, -0.2) is 17.0 Å². The first kappa shape index (κ1) is 9.66. The third-order valence-corrected chi connectivity index (χ3v) is 3.28. The first-order chi connectivity index (χ1) is 6.75. The van der Waals surface area contributed by atoms with Gasteiger partial charge in [0.05, 0.1) is 6.10 Å². The van der Waals surface area contributed by atoms with Gasteiger partial charge in [-0.05, 0) is 6.42 Å². The fourth-order valence-corrected chi connectivity index (χ4v) is 2.54. The molecule has 4 unspecified atom stereocenters. The monoisotopic (exact) mass is 192 g/mol. The Morgan fingerprint density at radius 2 is 2.07 bits per heavy atom. The van der Waals surface area contributed by atoms with E-state index in [1.165, 1.54) is 0 Å². The molecule has 2 nitrogen and oxygen atoms in total. The normalized spacial score (nSPS) is 40.3. The maximum Gasteiger partial charge on any atom is 0.146 e. The molecule has 2 rings (SSSR count). The van der Waals surface area contributed by atoms with E-state index >= 15 is 0 Å². The molecule has 0 spiro atoms. The third-order valence-electron chi connectivity index (χ3n) is 3.28. The Morgan fingerprint density at radius 3 is 2.71 bits per heavy atom. The van der Waals surface area contributed by atoms with Crippen molar-refractivity contribution in [2.24, 2.45) is 17.8 Å². The molecule has 0 aliphatic heterocycles. The summed E-state index contributed by atoms with van der Waals surface area (Å²) in [7, 11) is 0. The van der Waals surface area contributed by atoms with E-state index in [2.05, 4.69) is 0 Å². The summed E-state index contributed by atoms with van der Waals surface area (Å²) in [6.07, 6.45) is 9.02. The number of hydrogen-bond donors (Lipinski definition) is 1. The highest BCUT2D eigenvalue weighted by Gasteiger charge is 2.46. The average molecular weight is 192 g/mol. The van der Waals surface area contributed by atoms with Crippen LogP contribution in [0.15, 0.2) is 24.3 Å². The minimum absolute atomic E-state index is 0.0315. The van der Waals surface area contributed by atoms with E-state index in [0.29, 0.717) is 0 Å². The average Bonchev–Trinajstić information content (AvgIpc) is 2.45. The summed E-state index contributed by atoms with van der Waals surface area (Å²) in [6, 6.07) is 0. The molecule has 0 aromatic carbocycles. The van der Waals surface area contributed by atoms with Crippen LogP contribution in [0.25, 0.3) is 0 Å². The van der Waals surface area contributed by atoms with E-state index in [4.69, 9.17) is 0 Å². The van der Waals surface area contributed by atoms with Gasteiger partial charge in [0.2, 0.25) is 0 Å². The van der Waals surface area contributed by atoms with E-state index in [1.807, 2.05) is 31.2 Å². The summed E-state index contributed by atoms with van der Waals surface area (Å²) in [5.41, 5.74) is 0. The van der Waals surface area contributed by atoms with E-state index in [0.717, 1.165) is 12.8 Å². The van der Waals surface area contributed by atoms with E-state index in [9.17, 15) is 9.90 Å². The number of aliphatic hydroxyl groups is 1. The number of fused-ring (bicyclic) bond motifs is 1. The molecule has 1 saturated carbocycles. The lowest BCUT2D eigenvalue weighted by atomic mass is 9.90. The molecule has 2 heteroatoms. The quantitative estimate of drug-likeness (QED) is 0.723. The van der Waals surface area contributed by atoms with Crippen molar-refractivity contribution in [3.8, 4) is 0 Å². The van der Waals surface area contributed by atoms with Gasteiger partial charge in [0.25, 0.3) is 0 Å². The lowest BCUT2D eigenvalue weighted by Crippen LogP contribution is -2.22. The molecule has 14 heavy (non-hydrogen) atoms. The molecular formula is C12H16O2. The van der Waals surface area contributed by atoms with Gasteiger partial charge in [-0.15, -0.1) is 0 Å². The van der Waals surface area contributed by atoms with Gasteiger partial charge in [-0.2, -0.15) is 0 Å². The molecule has 0 aromatic rings. The molecule has 76 valence electrons. The molecular weight excluding hydrogens is 176 g/mol. The largest absolute Gasteiger partial charge is 0.392 e. The molecule has 0 radical (unpaired) electrons. The van der Waals surface area contributed by atoms with Crippen molar-refractivity contribution >= 4 is 5.78 Å². The Hall–Kier alpha value is -0.890. The van der Waals surface area contributed by atoms with Crippen LogP contribution in [0.4, 0.5) is 0 Å². The van der Waals surface area contributed by atoms with Crippen LogP contribution < -0.4 is 0 Å². The van der Waals surface area contributed by atoms with Gasteiger partial charge >= 0.3 is 0 Å². The van der Waals surface area contributed by atoms with Crippen LogP contribution >= 0.6 is 0 Å². The molecule has 0 saturated heterocycles. The third kappa shape index (κ3) is 1.34. The Bertz CT molecular complexity index is 291. The summed E-state index contributed by atoms with van der Waals surface area (Å²) < 4.78 is 0. The van der Waals surface area contributed by atoms with Gasteiger partial charge in [0.1, 0.15) is 5.78 Å². The summed E-state index contributed by atoms with van der Waals surface area (Å²) in [5, 5.41) is 9.98. The Balaban J connectivity index is 2.21. The molecule has 0 aromatic heterocycles. The minimum atomic E-state index is -0.464. The minimum Gasteiger partial charge on any atom is -0.392 e. The van der Waals surface area contributed by atoms with Crippen LogP contribution in [0, 0.1) is 17.8 Å². The number of rotatable bonds is 2. The van der Waals surface area contributed by atoms with Crippen molar-refractivity contribution in [1.29, 1.82) is 0 Å².